The lowest BCUT2D eigenvalue weighted by atomic mass is 9.94. The maximum Gasteiger partial charge on any atom is 0.327 e. The maximum absolute atomic E-state index is 14.3. The van der Waals surface area contributed by atoms with Crippen molar-refractivity contribution in [1.82, 2.24) is 15.5 Å². The molecule has 1 aromatic heterocycles. The van der Waals surface area contributed by atoms with Crippen LogP contribution in [0.3, 0.4) is 0 Å². The van der Waals surface area contributed by atoms with E-state index in [1.165, 1.54) is 66.6 Å². The average molecular weight is 492 g/mol. The molecule has 0 fully saturated rings. The van der Waals surface area contributed by atoms with Crippen LogP contribution in [0.1, 0.15) is 24.4 Å². The van der Waals surface area contributed by atoms with Crippen molar-refractivity contribution in [1.29, 1.82) is 0 Å². The maximum atomic E-state index is 14.3. The molecule has 1 N–H and O–H groups in total. The molecule has 0 bridgehead atoms. The molecule has 1 unspecified atom stereocenters. The standard InChI is InChI=1S/C26H19F3N4O3/c1-14-22(25-31-24(32-36-25)16-8-11-21(35-2)20(29)12-16)23(15-6-9-17(27)10-7-15)30-26(34)33(14)19-5-3-4-18(28)13-19/h3-13,23H,1-2H3,(H,30,34). The molecule has 0 radical (unpaired) electrons. The molecule has 0 saturated carbocycles. The minimum absolute atomic E-state index is 0.0504. The largest absolute Gasteiger partial charge is 0.494 e. The fourth-order valence-electron chi connectivity index (χ4n) is 4.11. The van der Waals surface area contributed by atoms with Crippen LogP contribution >= 0.6 is 0 Å². The molecular weight excluding hydrogens is 473 g/mol. The lowest BCUT2D eigenvalue weighted by molar-refractivity contribution is 0.244. The first-order valence-corrected chi connectivity index (χ1v) is 10.9. The Balaban J connectivity index is 1.64. The lowest BCUT2D eigenvalue weighted by Crippen LogP contribution is -2.46. The van der Waals surface area contributed by atoms with Gasteiger partial charge in [-0.1, -0.05) is 23.4 Å². The van der Waals surface area contributed by atoms with Gasteiger partial charge in [-0.25, -0.2) is 18.0 Å². The van der Waals surface area contributed by atoms with Crippen molar-refractivity contribution in [3.05, 3.63) is 101 Å². The van der Waals surface area contributed by atoms with Gasteiger partial charge in [0.2, 0.25) is 5.82 Å². The summed E-state index contributed by atoms with van der Waals surface area (Å²) in [6.07, 6.45) is 0. The van der Waals surface area contributed by atoms with Gasteiger partial charge >= 0.3 is 6.03 Å². The first-order chi connectivity index (χ1) is 17.4. The van der Waals surface area contributed by atoms with Gasteiger partial charge in [-0.2, -0.15) is 4.98 Å². The molecule has 182 valence electrons. The van der Waals surface area contributed by atoms with Gasteiger partial charge in [0.1, 0.15) is 11.6 Å². The van der Waals surface area contributed by atoms with Crippen molar-refractivity contribution < 1.29 is 27.2 Å². The predicted molar refractivity (Wildman–Crippen MR) is 125 cm³/mol. The van der Waals surface area contributed by atoms with Crippen LogP contribution in [0.2, 0.25) is 0 Å². The third kappa shape index (κ3) is 4.17. The highest BCUT2D eigenvalue weighted by atomic mass is 19.1. The van der Waals surface area contributed by atoms with Crippen molar-refractivity contribution >= 4 is 17.3 Å². The van der Waals surface area contributed by atoms with E-state index in [1.54, 1.807) is 19.1 Å². The summed E-state index contributed by atoms with van der Waals surface area (Å²) in [6.45, 7) is 1.66. The normalized spacial score (nSPS) is 15.8. The van der Waals surface area contributed by atoms with E-state index in [9.17, 15) is 18.0 Å². The Morgan fingerprint density at radius 1 is 1.00 bits per heavy atom. The summed E-state index contributed by atoms with van der Waals surface area (Å²) in [4.78, 5) is 18.9. The monoisotopic (exact) mass is 492 g/mol. The number of hydrogen-bond acceptors (Lipinski definition) is 5. The predicted octanol–water partition coefficient (Wildman–Crippen LogP) is 5.86. The van der Waals surface area contributed by atoms with Gasteiger partial charge in [-0.05, 0) is 61.0 Å². The summed E-state index contributed by atoms with van der Waals surface area (Å²) in [5.74, 6) is -1.32. The molecule has 1 aliphatic heterocycles. The minimum atomic E-state index is -0.774. The first-order valence-electron chi connectivity index (χ1n) is 10.9. The molecule has 5 rings (SSSR count). The summed E-state index contributed by atoms with van der Waals surface area (Å²) in [5, 5.41) is 6.84. The Morgan fingerprint density at radius 2 is 1.78 bits per heavy atom. The van der Waals surface area contributed by atoms with Gasteiger partial charge in [-0.3, -0.25) is 4.90 Å². The number of amides is 2. The molecular formula is C26H19F3N4O3. The number of benzene rings is 3. The van der Waals surface area contributed by atoms with Crippen LogP contribution in [0, 0.1) is 17.5 Å². The second-order valence-corrected chi connectivity index (χ2v) is 8.02. The van der Waals surface area contributed by atoms with Gasteiger partial charge in [0, 0.05) is 11.3 Å². The first kappa shape index (κ1) is 23.2. The highest BCUT2D eigenvalue weighted by molar-refractivity contribution is 6.01. The van der Waals surface area contributed by atoms with Gasteiger partial charge in [0.15, 0.2) is 11.6 Å². The lowest BCUT2D eigenvalue weighted by Gasteiger charge is -2.35. The van der Waals surface area contributed by atoms with E-state index in [0.29, 0.717) is 22.4 Å². The number of hydrogen-bond donors (Lipinski definition) is 1. The molecule has 0 aliphatic carbocycles. The second-order valence-electron chi connectivity index (χ2n) is 8.02. The Hall–Kier alpha value is -4.60. The van der Waals surface area contributed by atoms with Crippen LogP contribution in [0.15, 0.2) is 77.0 Å². The molecule has 0 saturated heterocycles. The molecule has 2 heterocycles. The third-order valence-corrected chi connectivity index (χ3v) is 5.82. The molecule has 4 aromatic rings. The van der Waals surface area contributed by atoms with Gasteiger partial charge in [0.25, 0.3) is 5.89 Å². The zero-order valence-electron chi connectivity index (χ0n) is 19.1. The molecule has 1 atom stereocenters. The highest BCUT2D eigenvalue weighted by Crippen LogP contribution is 2.39. The van der Waals surface area contributed by atoms with E-state index in [0.717, 1.165) is 0 Å². The van der Waals surface area contributed by atoms with Gasteiger partial charge < -0.3 is 14.6 Å². The zero-order valence-corrected chi connectivity index (χ0v) is 19.1. The Labute approximate surface area is 203 Å². The zero-order chi connectivity index (χ0) is 25.4. The number of carbonyl (C=O) groups excluding carboxylic acids is 1. The van der Waals surface area contributed by atoms with E-state index in [-0.39, 0.29) is 23.2 Å². The summed E-state index contributed by atoms with van der Waals surface area (Å²) < 4.78 is 52.3. The van der Waals surface area contributed by atoms with Crippen molar-refractivity contribution in [3.63, 3.8) is 0 Å². The van der Waals surface area contributed by atoms with Crippen LogP contribution < -0.4 is 15.0 Å². The number of nitrogens with one attached hydrogen (secondary N) is 1. The number of halogens is 3. The Bertz CT molecular complexity index is 1480. The van der Waals surface area contributed by atoms with E-state index in [1.807, 2.05) is 0 Å². The van der Waals surface area contributed by atoms with Gasteiger partial charge in [0.05, 0.1) is 24.4 Å². The number of ether oxygens (including phenoxy) is 1. The highest BCUT2D eigenvalue weighted by Gasteiger charge is 2.36. The Kier molecular flexibility index (Phi) is 5.93. The molecule has 3 aromatic carbocycles. The number of rotatable bonds is 5. The van der Waals surface area contributed by atoms with Crippen LogP contribution in [-0.4, -0.2) is 23.3 Å². The van der Waals surface area contributed by atoms with Crippen LogP contribution in [0.5, 0.6) is 5.75 Å². The number of aromatic nitrogens is 2. The van der Waals surface area contributed by atoms with Crippen LogP contribution in [-0.2, 0) is 0 Å². The fourth-order valence-corrected chi connectivity index (χ4v) is 4.11. The molecule has 36 heavy (non-hydrogen) atoms. The molecule has 1 aliphatic rings. The second kappa shape index (κ2) is 9.21. The minimum Gasteiger partial charge on any atom is -0.494 e. The number of methoxy groups -OCH3 is 1. The van der Waals surface area contributed by atoms with Gasteiger partial charge in [-0.15, -0.1) is 0 Å². The van der Waals surface area contributed by atoms with E-state index < -0.39 is 29.5 Å². The Morgan fingerprint density at radius 3 is 2.47 bits per heavy atom. The van der Waals surface area contributed by atoms with Crippen molar-refractivity contribution in [3.8, 4) is 17.1 Å². The number of allylic oxidation sites excluding steroid dienone is 1. The number of anilines is 1. The topological polar surface area (TPSA) is 80.5 Å². The summed E-state index contributed by atoms with van der Waals surface area (Å²) in [5.41, 5.74) is 2.01. The van der Waals surface area contributed by atoms with Crippen LogP contribution in [0.25, 0.3) is 17.0 Å². The van der Waals surface area contributed by atoms with E-state index in [4.69, 9.17) is 9.26 Å². The fraction of sp³-hybridized carbons (Fsp3) is 0.115. The van der Waals surface area contributed by atoms with Crippen molar-refractivity contribution in [2.45, 2.75) is 13.0 Å². The molecule has 7 nitrogen and oxygen atoms in total. The molecule has 0 spiro atoms. The van der Waals surface area contributed by atoms with Crippen LogP contribution in [0.4, 0.5) is 23.7 Å². The number of carbonyl (C=O) groups is 1. The van der Waals surface area contributed by atoms with E-state index in [2.05, 4.69) is 15.5 Å². The quantitative estimate of drug-likeness (QED) is 0.377. The molecule has 2 amide bonds. The van der Waals surface area contributed by atoms with Crippen molar-refractivity contribution in [2.24, 2.45) is 0 Å². The number of nitrogens with zero attached hydrogens (tertiary/aromatic N) is 3. The summed E-state index contributed by atoms with van der Waals surface area (Å²) >= 11 is 0. The SMILES string of the molecule is COc1ccc(-c2noc(C3=C(C)N(c4cccc(F)c4)C(=O)NC3c3ccc(F)cc3)n2)cc1F. The average Bonchev–Trinajstić information content (AvgIpc) is 3.34. The molecule has 10 heteroatoms. The van der Waals surface area contributed by atoms with E-state index >= 15 is 0 Å². The van der Waals surface area contributed by atoms with Crippen molar-refractivity contribution in [2.75, 3.05) is 12.0 Å². The third-order valence-electron chi connectivity index (χ3n) is 5.82. The summed E-state index contributed by atoms with van der Waals surface area (Å²) in [7, 11) is 1.36. The summed E-state index contributed by atoms with van der Waals surface area (Å²) in [6, 6.07) is 14.1. The smallest absolute Gasteiger partial charge is 0.327 e. The number of urea groups is 1.